The standard InChI is InChI=1S/C3H8N2O.ClH/c1-5(2)4-3-6;/h3H,1-2H3,(H,4,6);1H. The number of nitrogens with zero attached hydrogens (tertiary/aromatic N) is 1. The number of hydrogen-bond donors (Lipinski definition) is 1. The molecular formula is C3H9ClN2O. The first-order valence-electron chi connectivity index (χ1n) is 1.64. The van der Waals surface area contributed by atoms with Crippen molar-refractivity contribution >= 4 is 18.8 Å². The molecule has 0 aromatic heterocycles. The minimum atomic E-state index is 0. The number of hydrogen-bond acceptors (Lipinski definition) is 2. The van der Waals surface area contributed by atoms with Gasteiger partial charge in [-0.05, 0) is 0 Å². The van der Waals surface area contributed by atoms with Crippen LogP contribution >= 0.6 is 12.4 Å². The van der Waals surface area contributed by atoms with Gasteiger partial charge in [0.25, 0.3) is 0 Å². The summed E-state index contributed by atoms with van der Waals surface area (Å²) >= 11 is 0. The summed E-state index contributed by atoms with van der Waals surface area (Å²) in [5.74, 6) is 0. The number of carbonyl (C=O) groups excluding carboxylic acids is 1. The SMILES string of the molecule is CN(C)NC=O.Cl. The van der Waals surface area contributed by atoms with E-state index < -0.39 is 0 Å². The highest BCUT2D eigenvalue weighted by Gasteiger charge is 1.74. The number of nitrogens with one attached hydrogen (secondary N) is 1. The van der Waals surface area contributed by atoms with E-state index in [-0.39, 0.29) is 12.4 Å². The van der Waals surface area contributed by atoms with Gasteiger partial charge in [-0.2, -0.15) is 0 Å². The molecule has 4 heteroatoms. The van der Waals surface area contributed by atoms with Crippen LogP contribution in [0.5, 0.6) is 0 Å². The average Bonchev–Trinajstić information content (AvgIpc) is 1.35. The third kappa shape index (κ3) is 10.7. The highest BCUT2D eigenvalue weighted by Crippen LogP contribution is 1.51. The van der Waals surface area contributed by atoms with Crippen LogP contribution in [0.15, 0.2) is 0 Å². The lowest BCUT2D eigenvalue weighted by Crippen LogP contribution is -2.28. The van der Waals surface area contributed by atoms with Gasteiger partial charge >= 0.3 is 0 Å². The second kappa shape index (κ2) is 5.72. The van der Waals surface area contributed by atoms with Gasteiger partial charge in [-0.15, -0.1) is 12.4 Å². The van der Waals surface area contributed by atoms with E-state index in [1.54, 1.807) is 19.1 Å². The summed E-state index contributed by atoms with van der Waals surface area (Å²) in [5, 5.41) is 1.56. The van der Waals surface area contributed by atoms with Gasteiger partial charge in [0.2, 0.25) is 6.41 Å². The lowest BCUT2D eigenvalue weighted by Gasteiger charge is -2.03. The molecule has 1 amide bonds. The molecule has 0 unspecified atom stereocenters. The van der Waals surface area contributed by atoms with Crippen LogP contribution in [0.4, 0.5) is 0 Å². The summed E-state index contributed by atoms with van der Waals surface area (Å²) in [7, 11) is 3.49. The van der Waals surface area contributed by atoms with Crippen LogP contribution < -0.4 is 5.43 Å². The number of carbonyl (C=O) groups is 1. The quantitative estimate of drug-likeness (QED) is 0.403. The third-order valence-corrected chi connectivity index (χ3v) is 0.311. The second-order valence-electron chi connectivity index (χ2n) is 1.14. The molecule has 0 aromatic carbocycles. The Hall–Kier alpha value is -0.280. The van der Waals surface area contributed by atoms with Gasteiger partial charge in [-0.1, -0.05) is 0 Å². The van der Waals surface area contributed by atoms with Gasteiger partial charge in [0, 0.05) is 14.1 Å². The van der Waals surface area contributed by atoms with E-state index in [9.17, 15) is 4.79 Å². The van der Waals surface area contributed by atoms with Crippen molar-refractivity contribution in [3.8, 4) is 0 Å². The van der Waals surface area contributed by atoms with Gasteiger partial charge in [0.1, 0.15) is 0 Å². The van der Waals surface area contributed by atoms with Crippen LogP contribution in [0.3, 0.4) is 0 Å². The first-order chi connectivity index (χ1) is 2.77. The molecule has 0 heterocycles. The smallest absolute Gasteiger partial charge is 0.221 e. The molecule has 0 atom stereocenters. The summed E-state index contributed by atoms with van der Waals surface area (Å²) in [6.45, 7) is 0. The maximum absolute atomic E-state index is 9.46. The molecule has 0 aliphatic carbocycles. The Labute approximate surface area is 49.1 Å². The van der Waals surface area contributed by atoms with Gasteiger partial charge in [0.15, 0.2) is 0 Å². The monoisotopic (exact) mass is 124 g/mol. The fraction of sp³-hybridized carbons (Fsp3) is 0.667. The van der Waals surface area contributed by atoms with Crippen molar-refractivity contribution in [3.63, 3.8) is 0 Å². The minimum Gasteiger partial charge on any atom is -0.292 e. The largest absolute Gasteiger partial charge is 0.292 e. The second-order valence-corrected chi connectivity index (χ2v) is 1.14. The molecule has 44 valence electrons. The van der Waals surface area contributed by atoms with E-state index in [1.807, 2.05) is 0 Å². The average molecular weight is 125 g/mol. The molecule has 0 aliphatic rings. The zero-order valence-electron chi connectivity index (χ0n) is 4.34. The van der Waals surface area contributed by atoms with Crippen molar-refractivity contribution in [2.45, 2.75) is 0 Å². The highest BCUT2D eigenvalue weighted by molar-refractivity contribution is 5.85. The van der Waals surface area contributed by atoms with Gasteiger partial charge < -0.3 is 0 Å². The Bertz CT molecular complexity index is 48.2. The molecule has 0 aliphatic heterocycles. The number of hydrazine groups is 1. The zero-order valence-corrected chi connectivity index (χ0v) is 5.16. The molecule has 0 bridgehead atoms. The molecule has 3 nitrogen and oxygen atoms in total. The topological polar surface area (TPSA) is 32.3 Å². The van der Waals surface area contributed by atoms with Gasteiger partial charge in [-0.3, -0.25) is 10.2 Å². The molecule has 0 rings (SSSR count). The Balaban J connectivity index is 0. The van der Waals surface area contributed by atoms with E-state index in [0.717, 1.165) is 0 Å². The molecule has 1 N–H and O–H groups in total. The van der Waals surface area contributed by atoms with Gasteiger partial charge in [0.05, 0.1) is 0 Å². The van der Waals surface area contributed by atoms with Crippen molar-refractivity contribution in [1.29, 1.82) is 0 Å². The summed E-state index contributed by atoms with van der Waals surface area (Å²) in [6, 6.07) is 0. The molecule has 7 heavy (non-hydrogen) atoms. The van der Waals surface area contributed by atoms with Crippen molar-refractivity contribution in [2.24, 2.45) is 0 Å². The van der Waals surface area contributed by atoms with Crippen LogP contribution in [0.1, 0.15) is 0 Å². The Kier molecular flexibility index (Phi) is 8.06. The predicted octanol–water partition coefficient (Wildman–Crippen LogP) is -0.369. The summed E-state index contributed by atoms with van der Waals surface area (Å²) < 4.78 is 0. The molecule has 0 saturated carbocycles. The number of rotatable bonds is 2. The first kappa shape index (κ1) is 9.87. The first-order valence-corrected chi connectivity index (χ1v) is 1.64. The van der Waals surface area contributed by atoms with Crippen LogP contribution in [-0.4, -0.2) is 25.5 Å². The van der Waals surface area contributed by atoms with E-state index in [4.69, 9.17) is 0 Å². The van der Waals surface area contributed by atoms with E-state index in [1.165, 1.54) is 0 Å². The fourth-order valence-electron chi connectivity index (χ4n) is 0.105. The van der Waals surface area contributed by atoms with E-state index in [2.05, 4.69) is 5.43 Å². The normalized spacial score (nSPS) is 7.29. The van der Waals surface area contributed by atoms with Crippen molar-refractivity contribution in [3.05, 3.63) is 0 Å². The lowest BCUT2D eigenvalue weighted by molar-refractivity contribution is -0.112. The Morgan fingerprint density at radius 2 is 2.00 bits per heavy atom. The lowest BCUT2D eigenvalue weighted by atomic mass is 11.1. The number of halogens is 1. The van der Waals surface area contributed by atoms with Crippen LogP contribution in [0.2, 0.25) is 0 Å². The fourth-order valence-corrected chi connectivity index (χ4v) is 0.105. The third-order valence-electron chi connectivity index (χ3n) is 0.311. The number of amides is 1. The molecule has 0 aromatic rings. The molecule has 0 spiro atoms. The maximum atomic E-state index is 9.46. The Morgan fingerprint density at radius 1 is 1.57 bits per heavy atom. The van der Waals surface area contributed by atoms with Crippen LogP contribution in [0, 0.1) is 0 Å². The van der Waals surface area contributed by atoms with Crippen molar-refractivity contribution in [1.82, 2.24) is 10.4 Å². The van der Waals surface area contributed by atoms with Crippen LogP contribution in [-0.2, 0) is 4.79 Å². The minimum absolute atomic E-state index is 0. The maximum Gasteiger partial charge on any atom is 0.221 e. The highest BCUT2D eigenvalue weighted by atomic mass is 35.5. The molecule has 0 fully saturated rings. The molecular weight excluding hydrogens is 115 g/mol. The van der Waals surface area contributed by atoms with E-state index >= 15 is 0 Å². The van der Waals surface area contributed by atoms with E-state index in [0.29, 0.717) is 6.41 Å². The summed E-state index contributed by atoms with van der Waals surface area (Å²) in [5.41, 5.74) is 2.36. The molecule has 0 saturated heterocycles. The van der Waals surface area contributed by atoms with Crippen molar-refractivity contribution in [2.75, 3.05) is 14.1 Å². The van der Waals surface area contributed by atoms with Crippen LogP contribution in [0.25, 0.3) is 0 Å². The van der Waals surface area contributed by atoms with Crippen molar-refractivity contribution < 1.29 is 4.79 Å². The molecule has 0 radical (unpaired) electrons. The zero-order chi connectivity index (χ0) is 4.99. The summed E-state index contributed by atoms with van der Waals surface area (Å²) in [6.07, 6.45) is 0.625. The Morgan fingerprint density at radius 3 is 2.00 bits per heavy atom. The summed E-state index contributed by atoms with van der Waals surface area (Å²) in [4.78, 5) is 9.46. The van der Waals surface area contributed by atoms with Gasteiger partial charge in [-0.25, -0.2) is 5.01 Å². The predicted molar refractivity (Wildman–Crippen MR) is 30.1 cm³/mol.